The summed E-state index contributed by atoms with van der Waals surface area (Å²) < 4.78 is 5.68. The molecule has 0 unspecified atom stereocenters. The van der Waals surface area contributed by atoms with Crippen LogP contribution in [-0.4, -0.2) is 12.2 Å². The Bertz CT molecular complexity index is 208. The summed E-state index contributed by atoms with van der Waals surface area (Å²) in [7, 11) is 0. The van der Waals surface area contributed by atoms with E-state index in [9.17, 15) is 0 Å². The number of allylic oxidation sites excluding steroid dienone is 4. The van der Waals surface area contributed by atoms with Gasteiger partial charge in [0, 0.05) is 6.61 Å². The van der Waals surface area contributed by atoms with Crippen molar-refractivity contribution in [3.63, 3.8) is 0 Å². The zero-order valence-electron chi connectivity index (χ0n) is 12.2. The Hall–Kier alpha value is -0.560. The van der Waals surface area contributed by atoms with Gasteiger partial charge in [0.1, 0.15) is 0 Å². The fourth-order valence-electron chi connectivity index (χ4n) is 1.56. The second-order valence-electron chi connectivity index (χ2n) is 5.47. The molecule has 0 saturated carbocycles. The smallest absolute Gasteiger partial charge is 0.0598 e. The molecule has 0 heterocycles. The minimum atomic E-state index is 0.0254. The van der Waals surface area contributed by atoms with Crippen molar-refractivity contribution in [2.75, 3.05) is 6.61 Å². The number of hydrogen-bond donors (Lipinski definition) is 0. The van der Waals surface area contributed by atoms with E-state index in [0.29, 0.717) is 0 Å². The first kappa shape index (κ1) is 16.4. The van der Waals surface area contributed by atoms with Gasteiger partial charge in [-0.3, -0.25) is 0 Å². The highest BCUT2D eigenvalue weighted by molar-refractivity contribution is 5.00. The molecular weight excluding hydrogens is 208 g/mol. The molecule has 1 heteroatoms. The van der Waals surface area contributed by atoms with Gasteiger partial charge in [-0.25, -0.2) is 0 Å². The first-order chi connectivity index (χ1) is 8.06. The predicted octanol–water partition coefficient (Wildman–Crippen LogP) is 5.27. The lowest BCUT2D eigenvalue weighted by atomic mass is 10.1. The number of ether oxygens (including phenoxy) is 1. The molecule has 17 heavy (non-hydrogen) atoms. The van der Waals surface area contributed by atoms with Crippen LogP contribution in [0.4, 0.5) is 0 Å². The van der Waals surface area contributed by atoms with Crippen LogP contribution in [-0.2, 0) is 4.74 Å². The van der Waals surface area contributed by atoms with E-state index in [4.69, 9.17) is 4.74 Å². The Kier molecular flexibility index (Phi) is 10.2. The lowest BCUT2D eigenvalue weighted by Crippen LogP contribution is -2.19. The fraction of sp³-hybridized carbons (Fsp3) is 0.750. The van der Waals surface area contributed by atoms with E-state index in [0.717, 1.165) is 6.61 Å². The van der Waals surface area contributed by atoms with Crippen LogP contribution < -0.4 is 0 Å². The van der Waals surface area contributed by atoms with Crippen molar-refractivity contribution in [3.8, 4) is 0 Å². The van der Waals surface area contributed by atoms with Gasteiger partial charge in [-0.05, 0) is 47.0 Å². The summed E-state index contributed by atoms with van der Waals surface area (Å²) in [5.74, 6) is 0. The lowest BCUT2D eigenvalue weighted by Gasteiger charge is -2.19. The topological polar surface area (TPSA) is 9.23 Å². The molecule has 0 aliphatic carbocycles. The van der Waals surface area contributed by atoms with Crippen LogP contribution in [0, 0.1) is 0 Å². The van der Waals surface area contributed by atoms with E-state index in [2.05, 4.69) is 45.1 Å². The van der Waals surface area contributed by atoms with Gasteiger partial charge in [-0.2, -0.15) is 0 Å². The molecule has 0 radical (unpaired) electrons. The van der Waals surface area contributed by atoms with E-state index in [1.54, 1.807) is 0 Å². The molecule has 0 saturated heterocycles. The van der Waals surface area contributed by atoms with Crippen molar-refractivity contribution in [1.82, 2.24) is 0 Å². The summed E-state index contributed by atoms with van der Waals surface area (Å²) in [4.78, 5) is 0. The van der Waals surface area contributed by atoms with Crippen molar-refractivity contribution < 1.29 is 4.74 Å². The molecule has 0 atom stereocenters. The summed E-state index contributed by atoms with van der Waals surface area (Å²) >= 11 is 0. The molecule has 0 rings (SSSR count). The maximum Gasteiger partial charge on any atom is 0.0598 e. The normalized spacial score (nSPS) is 12.9. The van der Waals surface area contributed by atoms with Gasteiger partial charge < -0.3 is 4.74 Å². The Balaban J connectivity index is 3.14. The van der Waals surface area contributed by atoms with Crippen molar-refractivity contribution in [3.05, 3.63) is 24.3 Å². The van der Waals surface area contributed by atoms with Crippen molar-refractivity contribution in [2.45, 2.75) is 71.8 Å². The van der Waals surface area contributed by atoms with E-state index >= 15 is 0 Å². The molecule has 0 aliphatic heterocycles. The summed E-state index contributed by atoms with van der Waals surface area (Å²) in [5.41, 5.74) is 0.0254. The van der Waals surface area contributed by atoms with E-state index in [1.807, 2.05) is 6.92 Å². The molecule has 100 valence electrons. The molecule has 0 aromatic heterocycles. The maximum absolute atomic E-state index is 5.68. The zero-order chi connectivity index (χ0) is 13.0. The monoisotopic (exact) mass is 238 g/mol. The van der Waals surface area contributed by atoms with Crippen LogP contribution in [0.3, 0.4) is 0 Å². The van der Waals surface area contributed by atoms with Crippen molar-refractivity contribution in [1.29, 1.82) is 0 Å². The third-order valence-corrected chi connectivity index (χ3v) is 2.49. The largest absolute Gasteiger partial charge is 0.376 e. The molecule has 0 amide bonds. The fourth-order valence-corrected chi connectivity index (χ4v) is 1.56. The van der Waals surface area contributed by atoms with Crippen LogP contribution in [0.25, 0.3) is 0 Å². The first-order valence-electron chi connectivity index (χ1n) is 6.98. The number of unbranched alkanes of at least 4 members (excludes halogenated alkanes) is 5. The molecule has 0 aromatic rings. The Morgan fingerprint density at radius 3 is 2.18 bits per heavy atom. The van der Waals surface area contributed by atoms with Gasteiger partial charge in [-0.1, -0.05) is 43.6 Å². The van der Waals surface area contributed by atoms with Gasteiger partial charge in [0.05, 0.1) is 5.60 Å². The maximum atomic E-state index is 5.68. The van der Waals surface area contributed by atoms with Crippen molar-refractivity contribution >= 4 is 0 Å². The minimum absolute atomic E-state index is 0.0254. The Labute approximate surface area is 108 Å². The van der Waals surface area contributed by atoms with Crippen LogP contribution in [0.5, 0.6) is 0 Å². The molecule has 0 N–H and O–H groups in total. The molecular formula is C16H30O. The third-order valence-electron chi connectivity index (χ3n) is 2.49. The van der Waals surface area contributed by atoms with Crippen LogP contribution in [0.1, 0.15) is 66.2 Å². The second kappa shape index (κ2) is 10.6. The number of hydrogen-bond acceptors (Lipinski definition) is 1. The first-order valence-corrected chi connectivity index (χ1v) is 6.98. The van der Waals surface area contributed by atoms with E-state index < -0.39 is 0 Å². The standard InChI is InChI=1S/C16H30O/c1-5-6-7-8-9-10-11-12-13-14-15-17-16(2,3)4/h5-8H,9-15H2,1-4H3. The van der Waals surface area contributed by atoms with E-state index in [1.165, 1.54) is 38.5 Å². The van der Waals surface area contributed by atoms with Gasteiger partial charge in [0.25, 0.3) is 0 Å². The average Bonchev–Trinajstić information content (AvgIpc) is 2.24. The third kappa shape index (κ3) is 15.4. The van der Waals surface area contributed by atoms with Crippen LogP contribution in [0.15, 0.2) is 24.3 Å². The molecule has 0 fully saturated rings. The SMILES string of the molecule is CC=CC=CCCCCCCCOC(C)(C)C. The van der Waals surface area contributed by atoms with Gasteiger partial charge in [0.2, 0.25) is 0 Å². The lowest BCUT2D eigenvalue weighted by molar-refractivity contribution is -0.00474. The Morgan fingerprint density at radius 1 is 0.882 bits per heavy atom. The predicted molar refractivity (Wildman–Crippen MR) is 77.4 cm³/mol. The van der Waals surface area contributed by atoms with Crippen LogP contribution in [0.2, 0.25) is 0 Å². The van der Waals surface area contributed by atoms with Crippen LogP contribution >= 0.6 is 0 Å². The summed E-state index contributed by atoms with van der Waals surface area (Å²) in [6.45, 7) is 9.30. The number of rotatable bonds is 9. The second-order valence-corrected chi connectivity index (χ2v) is 5.47. The highest BCUT2D eigenvalue weighted by Gasteiger charge is 2.08. The molecule has 0 aliphatic rings. The summed E-state index contributed by atoms with van der Waals surface area (Å²) in [6, 6.07) is 0. The molecule has 0 bridgehead atoms. The van der Waals surface area contributed by atoms with Gasteiger partial charge in [-0.15, -0.1) is 0 Å². The summed E-state index contributed by atoms with van der Waals surface area (Å²) in [5, 5.41) is 0. The minimum Gasteiger partial charge on any atom is -0.376 e. The highest BCUT2D eigenvalue weighted by atomic mass is 16.5. The van der Waals surface area contributed by atoms with Crippen molar-refractivity contribution in [2.24, 2.45) is 0 Å². The van der Waals surface area contributed by atoms with Gasteiger partial charge in [0.15, 0.2) is 0 Å². The Morgan fingerprint density at radius 2 is 1.53 bits per heavy atom. The molecule has 0 aromatic carbocycles. The zero-order valence-corrected chi connectivity index (χ0v) is 12.2. The summed E-state index contributed by atoms with van der Waals surface area (Å²) in [6.07, 6.45) is 16.2. The quantitative estimate of drug-likeness (QED) is 0.392. The average molecular weight is 238 g/mol. The highest BCUT2D eigenvalue weighted by Crippen LogP contribution is 2.10. The van der Waals surface area contributed by atoms with Gasteiger partial charge >= 0.3 is 0 Å². The molecule has 0 spiro atoms. The molecule has 1 nitrogen and oxygen atoms in total. The van der Waals surface area contributed by atoms with E-state index in [-0.39, 0.29) is 5.60 Å².